The van der Waals surface area contributed by atoms with E-state index in [4.69, 9.17) is 21.1 Å². The fourth-order valence-electron chi connectivity index (χ4n) is 4.91. The zero-order valence-electron chi connectivity index (χ0n) is 23.4. The highest BCUT2D eigenvalue weighted by Crippen LogP contribution is 2.38. The molecule has 0 atom stereocenters. The topological polar surface area (TPSA) is 27.7 Å². The van der Waals surface area contributed by atoms with E-state index in [1.807, 2.05) is 25.1 Å². The van der Waals surface area contributed by atoms with Gasteiger partial charge in [0, 0.05) is 23.1 Å². The largest absolute Gasteiger partial charge is 0.432 e. The molecule has 4 aromatic carbocycles. The third kappa shape index (κ3) is 7.12. The first-order valence-corrected chi connectivity index (χ1v) is 14.2. The first-order chi connectivity index (χ1) is 21.1. The molecule has 0 radical (unpaired) electrons. The van der Waals surface area contributed by atoms with Crippen LogP contribution in [-0.4, -0.2) is 13.2 Å². The Bertz CT molecular complexity index is 1630. The average Bonchev–Trinajstić information content (AvgIpc) is 2.99. The molecule has 0 bridgehead atoms. The molecule has 0 saturated carbocycles. The van der Waals surface area contributed by atoms with Crippen molar-refractivity contribution < 1.29 is 40.6 Å². The minimum atomic E-state index is -4.51. The van der Waals surface area contributed by atoms with Crippen molar-refractivity contribution in [3.8, 4) is 28.0 Å². The van der Waals surface area contributed by atoms with Crippen LogP contribution in [0.4, 0.5) is 26.3 Å². The summed E-state index contributed by atoms with van der Waals surface area (Å²) in [5.41, 5.74) is -0.240. The van der Waals surface area contributed by atoms with Crippen molar-refractivity contribution in [2.45, 2.75) is 32.2 Å². The molecule has 0 unspecified atom stereocenters. The maximum absolute atomic E-state index is 15.2. The Kier molecular flexibility index (Phi) is 9.68. The van der Waals surface area contributed by atoms with Crippen LogP contribution in [0.3, 0.4) is 0 Å². The fourth-order valence-corrected chi connectivity index (χ4v) is 5.03. The SMILES string of the molecule is C/C=C/CCC1COC(c2ccc(-c3ccc(-c4cc(F)c(C(F)(F)Oc5ccc(Cl)c(F)c5)c(F)c4)c(F)c3)cc2)OC1. The number of hydrogen-bond donors (Lipinski definition) is 0. The van der Waals surface area contributed by atoms with Crippen LogP contribution in [-0.2, 0) is 15.6 Å². The standard InChI is InChI=1S/C34H27ClF6O3/c1-2-3-4-5-20-18-42-33(43-19-20)22-8-6-21(7-9-22)23-10-12-26(28(36)14-23)24-15-30(38)32(31(39)16-24)34(40,41)44-25-11-13-27(35)29(37)17-25/h2-3,6-17,20,33H,4-5,18-19H2,1H3/b3-2+. The lowest BCUT2D eigenvalue weighted by atomic mass is 9.97. The van der Waals surface area contributed by atoms with Gasteiger partial charge in [0.15, 0.2) is 6.29 Å². The van der Waals surface area contributed by atoms with Crippen molar-refractivity contribution >= 4 is 11.6 Å². The minimum absolute atomic E-state index is 0.202. The van der Waals surface area contributed by atoms with Gasteiger partial charge in [-0.15, -0.1) is 0 Å². The van der Waals surface area contributed by atoms with Gasteiger partial charge in [-0.1, -0.05) is 60.2 Å². The van der Waals surface area contributed by atoms with Gasteiger partial charge in [0.2, 0.25) is 0 Å². The van der Waals surface area contributed by atoms with Gasteiger partial charge in [0.05, 0.1) is 18.2 Å². The number of allylic oxidation sites excluding steroid dienone is 2. The second-order valence-electron chi connectivity index (χ2n) is 10.3. The predicted octanol–water partition coefficient (Wildman–Crippen LogP) is 10.4. The molecule has 0 aliphatic carbocycles. The highest BCUT2D eigenvalue weighted by molar-refractivity contribution is 6.30. The molecule has 1 heterocycles. The van der Waals surface area contributed by atoms with Gasteiger partial charge in [0.1, 0.15) is 34.6 Å². The van der Waals surface area contributed by atoms with Crippen LogP contribution in [0.15, 0.2) is 84.9 Å². The average molecular weight is 633 g/mol. The quantitative estimate of drug-likeness (QED) is 0.136. The lowest BCUT2D eigenvalue weighted by molar-refractivity contribution is -0.205. The summed E-state index contributed by atoms with van der Waals surface area (Å²) in [5, 5.41) is -0.347. The molecule has 10 heteroatoms. The van der Waals surface area contributed by atoms with Gasteiger partial charge < -0.3 is 14.2 Å². The first-order valence-electron chi connectivity index (χ1n) is 13.8. The first kappa shape index (κ1) is 31.6. The van der Waals surface area contributed by atoms with Crippen LogP contribution in [0.1, 0.15) is 37.2 Å². The van der Waals surface area contributed by atoms with Crippen LogP contribution in [0.2, 0.25) is 5.02 Å². The second kappa shape index (κ2) is 13.5. The van der Waals surface area contributed by atoms with Crippen molar-refractivity contribution in [3.63, 3.8) is 0 Å². The van der Waals surface area contributed by atoms with Crippen molar-refractivity contribution in [3.05, 3.63) is 124 Å². The Balaban J connectivity index is 1.29. The van der Waals surface area contributed by atoms with E-state index in [1.165, 1.54) is 12.1 Å². The Morgan fingerprint density at radius 1 is 0.795 bits per heavy atom. The van der Waals surface area contributed by atoms with Crippen molar-refractivity contribution in [1.82, 2.24) is 0 Å². The molecule has 1 aliphatic rings. The molecule has 0 N–H and O–H groups in total. The monoisotopic (exact) mass is 632 g/mol. The van der Waals surface area contributed by atoms with E-state index in [2.05, 4.69) is 10.8 Å². The van der Waals surface area contributed by atoms with E-state index < -0.39 is 47.0 Å². The lowest BCUT2D eigenvalue weighted by Crippen LogP contribution is -2.27. The summed E-state index contributed by atoms with van der Waals surface area (Å²) in [7, 11) is 0. The van der Waals surface area contributed by atoms with Crippen molar-refractivity contribution in [1.29, 1.82) is 0 Å². The molecule has 0 spiro atoms. The van der Waals surface area contributed by atoms with Gasteiger partial charge in [0.25, 0.3) is 0 Å². The lowest BCUT2D eigenvalue weighted by Gasteiger charge is -2.29. The molecule has 5 rings (SSSR count). The summed E-state index contributed by atoms with van der Waals surface area (Å²) in [6.45, 7) is 3.16. The zero-order chi connectivity index (χ0) is 31.4. The molecule has 0 aromatic heterocycles. The Morgan fingerprint density at radius 3 is 2.05 bits per heavy atom. The van der Waals surface area contributed by atoms with E-state index in [9.17, 15) is 22.0 Å². The van der Waals surface area contributed by atoms with Gasteiger partial charge in [-0.05, 0) is 66.8 Å². The summed E-state index contributed by atoms with van der Waals surface area (Å²) in [5.74, 6) is -5.59. The van der Waals surface area contributed by atoms with E-state index in [1.54, 1.807) is 18.2 Å². The van der Waals surface area contributed by atoms with Crippen LogP contribution >= 0.6 is 11.6 Å². The minimum Gasteiger partial charge on any atom is -0.429 e. The Morgan fingerprint density at radius 2 is 1.43 bits per heavy atom. The number of benzene rings is 4. The maximum atomic E-state index is 15.2. The van der Waals surface area contributed by atoms with Crippen LogP contribution in [0, 0.1) is 29.2 Å². The number of hydrogen-bond acceptors (Lipinski definition) is 3. The van der Waals surface area contributed by atoms with E-state index in [0.717, 1.165) is 30.5 Å². The summed E-state index contributed by atoms with van der Waals surface area (Å²) in [6, 6.07) is 14.8. The molecule has 44 heavy (non-hydrogen) atoms. The third-order valence-electron chi connectivity index (χ3n) is 7.21. The normalized spacial score (nSPS) is 17.3. The zero-order valence-corrected chi connectivity index (χ0v) is 24.2. The Hall–Kier alpha value is -3.79. The molecule has 1 saturated heterocycles. The molecular formula is C34H27ClF6O3. The van der Waals surface area contributed by atoms with Gasteiger partial charge >= 0.3 is 6.11 Å². The molecule has 0 amide bonds. The Labute approximate surface area is 255 Å². The molecule has 230 valence electrons. The molecule has 1 aliphatic heterocycles. The third-order valence-corrected chi connectivity index (χ3v) is 7.52. The predicted molar refractivity (Wildman–Crippen MR) is 155 cm³/mol. The second-order valence-corrected chi connectivity index (χ2v) is 10.7. The highest BCUT2D eigenvalue weighted by atomic mass is 35.5. The van der Waals surface area contributed by atoms with Gasteiger partial charge in [-0.25, -0.2) is 17.6 Å². The maximum Gasteiger partial charge on any atom is 0.432 e. The summed E-state index contributed by atoms with van der Waals surface area (Å²) in [6.07, 6.45) is 1.06. The van der Waals surface area contributed by atoms with Gasteiger partial charge in [-0.3, -0.25) is 0 Å². The number of halogens is 7. The van der Waals surface area contributed by atoms with Crippen molar-refractivity contribution in [2.75, 3.05) is 13.2 Å². The van der Waals surface area contributed by atoms with E-state index in [-0.39, 0.29) is 16.1 Å². The summed E-state index contributed by atoms with van der Waals surface area (Å²) in [4.78, 5) is 0. The summed E-state index contributed by atoms with van der Waals surface area (Å²) < 4.78 is 104. The molecular weight excluding hydrogens is 606 g/mol. The number of ether oxygens (including phenoxy) is 3. The molecule has 3 nitrogen and oxygen atoms in total. The fraction of sp³-hybridized carbons (Fsp3) is 0.235. The number of alkyl halides is 2. The summed E-state index contributed by atoms with van der Waals surface area (Å²) >= 11 is 5.53. The highest BCUT2D eigenvalue weighted by Gasteiger charge is 2.41. The molecule has 4 aromatic rings. The van der Waals surface area contributed by atoms with Crippen molar-refractivity contribution in [2.24, 2.45) is 5.92 Å². The number of rotatable bonds is 9. The van der Waals surface area contributed by atoms with Crippen LogP contribution < -0.4 is 4.74 Å². The van der Waals surface area contributed by atoms with Crippen LogP contribution in [0.5, 0.6) is 5.75 Å². The van der Waals surface area contributed by atoms with Crippen LogP contribution in [0.25, 0.3) is 22.3 Å². The van der Waals surface area contributed by atoms with E-state index in [0.29, 0.717) is 48.5 Å². The van der Waals surface area contributed by atoms with Gasteiger partial charge in [-0.2, -0.15) is 8.78 Å². The van der Waals surface area contributed by atoms with E-state index >= 15 is 4.39 Å². The molecule has 1 fully saturated rings. The smallest absolute Gasteiger partial charge is 0.429 e.